The second kappa shape index (κ2) is 6.95. The largest absolute Gasteiger partial charge is 0.417 e. The minimum absolute atomic E-state index is 0.0920. The highest BCUT2D eigenvalue weighted by molar-refractivity contribution is 7.89. The van der Waals surface area contributed by atoms with Gasteiger partial charge in [-0.3, -0.25) is 0 Å². The van der Waals surface area contributed by atoms with Crippen LogP contribution in [0.5, 0.6) is 0 Å². The Kier molecular flexibility index (Phi) is 6.03. The SMILES string of the molecule is CC(CCCO)NS(=O)(=O)c1ccc(Cl)c(C(F)(F)F)c1. The molecule has 21 heavy (non-hydrogen) atoms. The maximum atomic E-state index is 12.7. The second-order valence-corrected chi connectivity index (χ2v) is 6.65. The third kappa shape index (κ3) is 5.14. The molecule has 1 aromatic carbocycles. The molecule has 0 heterocycles. The topological polar surface area (TPSA) is 66.4 Å². The lowest BCUT2D eigenvalue weighted by Crippen LogP contribution is -2.32. The molecule has 0 spiro atoms. The Morgan fingerprint density at radius 2 is 2.00 bits per heavy atom. The van der Waals surface area contributed by atoms with Crippen LogP contribution in [0.3, 0.4) is 0 Å². The van der Waals surface area contributed by atoms with E-state index in [4.69, 9.17) is 16.7 Å². The Bertz CT molecular complexity index is 590. The first-order valence-electron chi connectivity index (χ1n) is 6.08. The lowest BCUT2D eigenvalue weighted by molar-refractivity contribution is -0.137. The van der Waals surface area contributed by atoms with Crippen LogP contribution in [-0.2, 0) is 16.2 Å². The Hall–Kier alpha value is -0.830. The summed E-state index contributed by atoms with van der Waals surface area (Å²) in [5.74, 6) is 0. The van der Waals surface area contributed by atoms with Crippen LogP contribution >= 0.6 is 11.6 Å². The number of hydrogen-bond acceptors (Lipinski definition) is 3. The van der Waals surface area contributed by atoms with Crippen molar-refractivity contribution in [3.8, 4) is 0 Å². The monoisotopic (exact) mass is 345 g/mol. The highest BCUT2D eigenvalue weighted by Gasteiger charge is 2.34. The predicted octanol–water partition coefficient (Wildman–Crippen LogP) is 2.80. The smallest absolute Gasteiger partial charge is 0.396 e. The molecular weight excluding hydrogens is 331 g/mol. The molecule has 0 aliphatic carbocycles. The zero-order chi connectivity index (χ0) is 16.3. The maximum Gasteiger partial charge on any atom is 0.417 e. The number of aliphatic hydroxyl groups excluding tert-OH is 1. The molecule has 9 heteroatoms. The zero-order valence-electron chi connectivity index (χ0n) is 11.1. The lowest BCUT2D eigenvalue weighted by atomic mass is 10.2. The van der Waals surface area contributed by atoms with E-state index < -0.39 is 37.7 Å². The average molecular weight is 346 g/mol. The molecule has 0 bridgehead atoms. The standard InChI is InChI=1S/C12H15ClF3NO3S/c1-8(3-2-6-18)17-21(19,20)9-4-5-11(13)10(7-9)12(14,15)16/h4-5,7-8,17-18H,2-3,6H2,1H3. The van der Waals surface area contributed by atoms with Crippen molar-refractivity contribution in [3.05, 3.63) is 28.8 Å². The molecule has 0 saturated carbocycles. The van der Waals surface area contributed by atoms with E-state index in [2.05, 4.69) is 4.72 Å². The van der Waals surface area contributed by atoms with Crippen molar-refractivity contribution < 1.29 is 26.7 Å². The van der Waals surface area contributed by atoms with Crippen LogP contribution in [0.4, 0.5) is 13.2 Å². The molecule has 120 valence electrons. The molecule has 0 fully saturated rings. The van der Waals surface area contributed by atoms with E-state index >= 15 is 0 Å². The van der Waals surface area contributed by atoms with E-state index in [0.717, 1.165) is 12.1 Å². The summed E-state index contributed by atoms with van der Waals surface area (Å²) >= 11 is 5.44. The third-order valence-electron chi connectivity index (χ3n) is 2.71. The average Bonchev–Trinajstić information content (AvgIpc) is 2.34. The Morgan fingerprint density at radius 3 is 2.52 bits per heavy atom. The van der Waals surface area contributed by atoms with Crippen LogP contribution in [0, 0.1) is 0 Å². The van der Waals surface area contributed by atoms with Gasteiger partial charge in [0.15, 0.2) is 0 Å². The van der Waals surface area contributed by atoms with E-state index in [1.807, 2.05) is 0 Å². The highest BCUT2D eigenvalue weighted by atomic mass is 35.5. The van der Waals surface area contributed by atoms with Crippen LogP contribution in [0.1, 0.15) is 25.3 Å². The molecule has 1 unspecified atom stereocenters. The van der Waals surface area contributed by atoms with Crippen molar-refractivity contribution in [1.29, 1.82) is 0 Å². The van der Waals surface area contributed by atoms with E-state index in [1.165, 1.54) is 0 Å². The lowest BCUT2D eigenvalue weighted by Gasteiger charge is -2.15. The number of hydrogen-bond donors (Lipinski definition) is 2. The van der Waals surface area contributed by atoms with E-state index in [9.17, 15) is 21.6 Å². The summed E-state index contributed by atoms with van der Waals surface area (Å²) in [5.41, 5.74) is -1.20. The number of benzene rings is 1. The third-order valence-corrected chi connectivity index (χ3v) is 4.62. The number of alkyl halides is 3. The molecule has 0 aliphatic rings. The molecule has 0 aromatic heterocycles. The number of aliphatic hydroxyl groups is 1. The quantitative estimate of drug-likeness (QED) is 0.833. The summed E-state index contributed by atoms with van der Waals surface area (Å²) in [6.07, 6.45) is -3.97. The van der Waals surface area contributed by atoms with Crippen molar-refractivity contribution >= 4 is 21.6 Å². The van der Waals surface area contributed by atoms with Gasteiger partial charge in [-0.25, -0.2) is 13.1 Å². The van der Waals surface area contributed by atoms with Crippen molar-refractivity contribution in [1.82, 2.24) is 4.72 Å². The summed E-state index contributed by atoms with van der Waals surface area (Å²) in [6, 6.07) is 1.91. The Morgan fingerprint density at radius 1 is 1.38 bits per heavy atom. The number of nitrogens with one attached hydrogen (secondary N) is 1. The molecule has 0 radical (unpaired) electrons. The molecule has 1 aromatic rings. The van der Waals surface area contributed by atoms with Crippen LogP contribution in [0.15, 0.2) is 23.1 Å². The molecule has 0 saturated heterocycles. The van der Waals surface area contributed by atoms with Gasteiger partial charge in [0.2, 0.25) is 10.0 Å². The predicted molar refractivity (Wildman–Crippen MR) is 72.6 cm³/mol. The minimum atomic E-state index is -4.73. The molecule has 1 atom stereocenters. The summed E-state index contributed by atoms with van der Waals surface area (Å²) in [5, 5.41) is 8.11. The first-order chi connectivity index (χ1) is 9.58. The van der Waals surface area contributed by atoms with E-state index in [-0.39, 0.29) is 6.61 Å². The van der Waals surface area contributed by atoms with Crippen molar-refractivity contribution in [2.75, 3.05) is 6.61 Å². The van der Waals surface area contributed by atoms with Crippen LogP contribution in [-0.4, -0.2) is 26.2 Å². The van der Waals surface area contributed by atoms with Crippen LogP contribution < -0.4 is 4.72 Å². The van der Waals surface area contributed by atoms with E-state index in [1.54, 1.807) is 6.92 Å². The van der Waals surface area contributed by atoms with Gasteiger partial charge in [-0.1, -0.05) is 11.6 Å². The maximum absolute atomic E-state index is 12.7. The summed E-state index contributed by atoms with van der Waals surface area (Å²) in [4.78, 5) is -0.505. The molecule has 0 aliphatic heterocycles. The summed E-state index contributed by atoms with van der Waals surface area (Å²) in [7, 11) is -4.08. The minimum Gasteiger partial charge on any atom is -0.396 e. The van der Waals surface area contributed by atoms with Gasteiger partial charge in [-0.05, 0) is 38.0 Å². The van der Waals surface area contributed by atoms with E-state index in [0.29, 0.717) is 18.9 Å². The fraction of sp³-hybridized carbons (Fsp3) is 0.500. The number of halogens is 4. The van der Waals surface area contributed by atoms with Crippen LogP contribution in [0.25, 0.3) is 0 Å². The van der Waals surface area contributed by atoms with Gasteiger partial charge >= 0.3 is 6.18 Å². The van der Waals surface area contributed by atoms with Gasteiger partial charge in [-0.15, -0.1) is 0 Å². The summed E-state index contributed by atoms with van der Waals surface area (Å²) in [6.45, 7) is 1.47. The normalized spacial score (nSPS) is 14.2. The second-order valence-electron chi connectivity index (χ2n) is 4.53. The van der Waals surface area contributed by atoms with Gasteiger partial charge in [0.1, 0.15) is 0 Å². The number of sulfonamides is 1. The zero-order valence-corrected chi connectivity index (χ0v) is 12.7. The fourth-order valence-electron chi connectivity index (χ4n) is 1.68. The first kappa shape index (κ1) is 18.2. The van der Waals surface area contributed by atoms with Crippen molar-refractivity contribution in [2.24, 2.45) is 0 Å². The molecular formula is C12H15ClF3NO3S. The summed E-state index contributed by atoms with van der Waals surface area (Å²) < 4.78 is 64.4. The van der Waals surface area contributed by atoms with Gasteiger partial charge in [0.05, 0.1) is 15.5 Å². The van der Waals surface area contributed by atoms with Crippen LogP contribution in [0.2, 0.25) is 5.02 Å². The Balaban J connectivity index is 3.04. The first-order valence-corrected chi connectivity index (χ1v) is 7.94. The van der Waals surface area contributed by atoms with Crippen molar-refractivity contribution in [3.63, 3.8) is 0 Å². The van der Waals surface area contributed by atoms with Crippen molar-refractivity contribution in [2.45, 2.75) is 36.9 Å². The highest BCUT2D eigenvalue weighted by Crippen LogP contribution is 2.35. The Labute approximate surface area is 126 Å². The molecule has 0 amide bonds. The van der Waals surface area contributed by atoms with Gasteiger partial charge in [0, 0.05) is 12.6 Å². The molecule has 4 nitrogen and oxygen atoms in total. The van der Waals surface area contributed by atoms with Gasteiger partial charge in [0.25, 0.3) is 0 Å². The van der Waals surface area contributed by atoms with Gasteiger partial charge < -0.3 is 5.11 Å². The molecule has 1 rings (SSSR count). The molecule has 2 N–H and O–H groups in total. The van der Waals surface area contributed by atoms with Gasteiger partial charge in [-0.2, -0.15) is 13.2 Å². The number of rotatable bonds is 6. The fourth-order valence-corrected chi connectivity index (χ4v) is 3.21.